The average molecular weight is 301 g/mol. The second-order valence-corrected chi connectivity index (χ2v) is 4.85. The Morgan fingerprint density at radius 2 is 2.41 bits per heavy atom. The number of carbonyl (C=O) groups is 1. The maximum Gasteiger partial charge on any atom is 0.326 e. The number of carboxylic acids is 1. The minimum absolute atomic E-state index is 0.0541. The van der Waals surface area contributed by atoms with Crippen LogP contribution in [0.2, 0.25) is 0 Å². The number of rotatable bonds is 3. The molecule has 1 aliphatic rings. The van der Waals surface area contributed by atoms with Crippen LogP contribution in [0.4, 0.5) is 5.82 Å². The third-order valence-corrected chi connectivity index (χ3v) is 3.36. The average Bonchev–Trinajstić information content (AvgIpc) is 2.74. The first-order valence-corrected chi connectivity index (χ1v) is 6.05. The van der Waals surface area contributed by atoms with Gasteiger partial charge in [0, 0.05) is 30.7 Å². The number of halogens is 1. The lowest BCUT2D eigenvalue weighted by Gasteiger charge is -2.22. The van der Waals surface area contributed by atoms with Crippen molar-refractivity contribution in [1.29, 1.82) is 0 Å². The van der Waals surface area contributed by atoms with Gasteiger partial charge in [-0.3, -0.25) is 0 Å². The van der Waals surface area contributed by atoms with Crippen LogP contribution in [0.1, 0.15) is 6.42 Å². The van der Waals surface area contributed by atoms with E-state index in [-0.39, 0.29) is 6.10 Å². The molecule has 5 nitrogen and oxygen atoms in total. The molecule has 0 amide bonds. The molecular weight excluding hydrogens is 288 g/mol. The van der Waals surface area contributed by atoms with Crippen LogP contribution in [0, 0.1) is 0 Å². The molecule has 1 aromatic rings. The molecule has 1 fully saturated rings. The summed E-state index contributed by atoms with van der Waals surface area (Å²) in [4.78, 5) is 17.2. The van der Waals surface area contributed by atoms with Gasteiger partial charge in [0.25, 0.3) is 0 Å². The SMILES string of the molecule is COC1CC(C(=O)O)N(c2ccc(Br)cn2)C1. The molecule has 2 heterocycles. The van der Waals surface area contributed by atoms with Crippen molar-refractivity contribution >= 4 is 27.7 Å². The van der Waals surface area contributed by atoms with E-state index in [0.717, 1.165) is 4.47 Å². The first-order valence-electron chi connectivity index (χ1n) is 5.25. The summed E-state index contributed by atoms with van der Waals surface area (Å²) in [6.45, 7) is 0.558. The first kappa shape index (κ1) is 12.3. The van der Waals surface area contributed by atoms with E-state index in [0.29, 0.717) is 18.8 Å². The van der Waals surface area contributed by atoms with E-state index >= 15 is 0 Å². The van der Waals surface area contributed by atoms with E-state index < -0.39 is 12.0 Å². The number of ether oxygens (including phenoxy) is 1. The third kappa shape index (κ3) is 2.58. The van der Waals surface area contributed by atoms with Crippen molar-refractivity contribution in [2.75, 3.05) is 18.6 Å². The number of pyridine rings is 1. The van der Waals surface area contributed by atoms with Crippen molar-refractivity contribution < 1.29 is 14.6 Å². The van der Waals surface area contributed by atoms with Crippen molar-refractivity contribution in [1.82, 2.24) is 4.98 Å². The minimum Gasteiger partial charge on any atom is -0.480 e. The fourth-order valence-electron chi connectivity index (χ4n) is 1.99. The number of aliphatic carboxylic acids is 1. The highest BCUT2D eigenvalue weighted by molar-refractivity contribution is 9.10. The van der Waals surface area contributed by atoms with Gasteiger partial charge in [-0.2, -0.15) is 0 Å². The normalized spacial score (nSPS) is 24.0. The van der Waals surface area contributed by atoms with Crippen LogP contribution in [0.5, 0.6) is 0 Å². The van der Waals surface area contributed by atoms with Gasteiger partial charge >= 0.3 is 5.97 Å². The molecule has 0 spiro atoms. The third-order valence-electron chi connectivity index (χ3n) is 2.89. The van der Waals surface area contributed by atoms with Crippen LogP contribution in [0.3, 0.4) is 0 Å². The Morgan fingerprint density at radius 1 is 1.65 bits per heavy atom. The highest BCUT2D eigenvalue weighted by atomic mass is 79.9. The number of hydrogen-bond donors (Lipinski definition) is 1. The molecule has 0 radical (unpaired) electrons. The van der Waals surface area contributed by atoms with Gasteiger partial charge in [-0.05, 0) is 28.1 Å². The molecule has 2 rings (SSSR count). The van der Waals surface area contributed by atoms with Gasteiger partial charge in [0.2, 0.25) is 0 Å². The summed E-state index contributed by atoms with van der Waals surface area (Å²) in [5, 5.41) is 9.18. The van der Waals surface area contributed by atoms with E-state index in [1.54, 1.807) is 24.3 Å². The molecule has 1 saturated heterocycles. The Labute approximate surface area is 108 Å². The number of anilines is 1. The Hall–Kier alpha value is -1.14. The number of aromatic nitrogens is 1. The van der Waals surface area contributed by atoms with Gasteiger partial charge in [0.1, 0.15) is 11.9 Å². The van der Waals surface area contributed by atoms with E-state index in [1.807, 2.05) is 6.07 Å². The molecule has 1 N–H and O–H groups in total. The minimum atomic E-state index is -0.839. The Kier molecular flexibility index (Phi) is 3.63. The smallest absolute Gasteiger partial charge is 0.326 e. The highest BCUT2D eigenvalue weighted by Gasteiger charge is 2.37. The summed E-state index contributed by atoms with van der Waals surface area (Å²) < 4.78 is 6.10. The Bertz CT molecular complexity index is 410. The maximum absolute atomic E-state index is 11.2. The first-order chi connectivity index (χ1) is 8.11. The maximum atomic E-state index is 11.2. The Balaban J connectivity index is 2.23. The molecule has 0 bridgehead atoms. The summed E-state index contributed by atoms with van der Waals surface area (Å²) in [5.74, 6) is -0.172. The van der Waals surface area contributed by atoms with E-state index in [9.17, 15) is 9.90 Å². The second kappa shape index (κ2) is 5.01. The molecule has 17 heavy (non-hydrogen) atoms. The monoisotopic (exact) mass is 300 g/mol. The van der Waals surface area contributed by atoms with Gasteiger partial charge in [-0.1, -0.05) is 0 Å². The van der Waals surface area contributed by atoms with Crippen LogP contribution in [-0.4, -0.2) is 41.9 Å². The van der Waals surface area contributed by atoms with Crippen molar-refractivity contribution in [3.05, 3.63) is 22.8 Å². The lowest BCUT2D eigenvalue weighted by molar-refractivity contribution is -0.138. The number of nitrogens with zero attached hydrogens (tertiary/aromatic N) is 2. The highest BCUT2D eigenvalue weighted by Crippen LogP contribution is 2.26. The zero-order chi connectivity index (χ0) is 12.4. The van der Waals surface area contributed by atoms with Crippen molar-refractivity contribution in [2.24, 2.45) is 0 Å². The number of methoxy groups -OCH3 is 1. The molecule has 1 aliphatic heterocycles. The summed E-state index contributed by atoms with van der Waals surface area (Å²) in [6.07, 6.45) is 2.10. The summed E-state index contributed by atoms with van der Waals surface area (Å²) >= 11 is 3.30. The van der Waals surface area contributed by atoms with Gasteiger partial charge in [0.05, 0.1) is 6.10 Å². The van der Waals surface area contributed by atoms with Crippen molar-refractivity contribution in [2.45, 2.75) is 18.6 Å². The van der Waals surface area contributed by atoms with E-state index in [1.165, 1.54) is 0 Å². The molecule has 92 valence electrons. The second-order valence-electron chi connectivity index (χ2n) is 3.93. The van der Waals surface area contributed by atoms with Gasteiger partial charge in [-0.15, -0.1) is 0 Å². The fraction of sp³-hybridized carbons (Fsp3) is 0.455. The molecule has 6 heteroatoms. The molecule has 0 saturated carbocycles. The van der Waals surface area contributed by atoms with Gasteiger partial charge < -0.3 is 14.7 Å². The lowest BCUT2D eigenvalue weighted by Crippen LogP contribution is -2.36. The Morgan fingerprint density at radius 3 is 2.94 bits per heavy atom. The predicted octanol–water partition coefficient (Wildman–Crippen LogP) is 1.52. The van der Waals surface area contributed by atoms with Crippen molar-refractivity contribution in [3.63, 3.8) is 0 Å². The molecule has 0 aromatic carbocycles. The van der Waals surface area contributed by atoms with Crippen LogP contribution < -0.4 is 4.90 Å². The summed E-state index contributed by atoms with van der Waals surface area (Å²) in [6, 6.07) is 3.09. The standard InChI is InChI=1S/C11H13BrN2O3/c1-17-8-4-9(11(15)16)14(6-8)10-3-2-7(12)5-13-10/h2-3,5,8-9H,4,6H2,1H3,(H,15,16). The van der Waals surface area contributed by atoms with Crippen LogP contribution in [0.15, 0.2) is 22.8 Å². The zero-order valence-electron chi connectivity index (χ0n) is 9.34. The predicted molar refractivity (Wildman–Crippen MR) is 66.1 cm³/mol. The van der Waals surface area contributed by atoms with Crippen LogP contribution in [-0.2, 0) is 9.53 Å². The lowest BCUT2D eigenvalue weighted by atomic mass is 10.2. The number of carboxylic acid groups (broad SMARTS) is 1. The summed E-state index contributed by atoms with van der Waals surface area (Å²) in [5.41, 5.74) is 0. The van der Waals surface area contributed by atoms with Crippen molar-refractivity contribution in [3.8, 4) is 0 Å². The molecule has 2 unspecified atom stereocenters. The molecule has 0 aliphatic carbocycles. The molecular formula is C11H13BrN2O3. The quantitative estimate of drug-likeness (QED) is 0.917. The zero-order valence-corrected chi connectivity index (χ0v) is 10.9. The topological polar surface area (TPSA) is 62.7 Å². The number of hydrogen-bond acceptors (Lipinski definition) is 4. The molecule has 1 aromatic heterocycles. The summed E-state index contributed by atoms with van der Waals surface area (Å²) in [7, 11) is 1.60. The fourth-order valence-corrected chi connectivity index (χ4v) is 2.23. The van der Waals surface area contributed by atoms with E-state index in [2.05, 4.69) is 20.9 Å². The van der Waals surface area contributed by atoms with E-state index in [4.69, 9.17) is 4.74 Å². The van der Waals surface area contributed by atoms with Crippen LogP contribution >= 0.6 is 15.9 Å². The molecule has 2 atom stereocenters. The van der Waals surface area contributed by atoms with Crippen LogP contribution in [0.25, 0.3) is 0 Å². The largest absolute Gasteiger partial charge is 0.480 e. The van der Waals surface area contributed by atoms with Gasteiger partial charge in [-0.25, -0.2) is 9.78 Å². The van der Waals surface area contributed by atoms with Gasteiger partial charge in [0.15, 0.2) is 0 Å².